The van der Waals surface area contributed by atoms with Gasteiger partial charge in [0.1, 0.15) is 0 Å². The molecule has 0 aromatic rings. The van der Waals surface area contributed by atoms with Gasteiger partial charge in [0.15, 0.2) is 0 Å². The van der Waals surface area contributed by atoms with Crippen LogP contribution in [-0.2, 0) is 9.59 Å². The number of rotatable bonds is 4. The average Bonchev–Trinajstić information content (AvgIpc) is 1.98. The molecule has 4 heteroatoms. The second-order valence-corrected chi connectivity index (χ2v) is 5.39. The van der Waals surface area contributed by atoms with Gasteiger partial charge in [-0.2, -0.15) is 0 Å². The molecule has 0 aliphatic rings. The van der Waals surface area contributed by atoms with Crippen molar-refractivity contribution in [2.24, 2.45) is 11.3 Å². The zero-order valence-electron chi connectivity index (χ0n) is 10.5. The third-order valence-electron chi connectivity index (χ3n) is 2.10. The molecule has 16 heavy (non-hydrogen) atoms. The summed E-state index contributed by atoms with van der Waals surface area (Å²) in [5, 5.41) is 18.1. The van der Waals surface area contributed by atoms with Gasteiger partial charge in [0.25, 0.3) is 0 Å². The topological polar surface area (TPSA) is 74.6 Å². The number of hydrogen-bond donors (Lipinski definition) is 2. The largest absolute Gasteiger partial charge is 0.478 e. The molecule has 0 atom stereocenters. The van der Waals surface area contributed by atoms with Crippen LogP contribution < -0.4 is 0 Å². The molecule has 0 amide bonds. The van der Waals surface area contributed by atoms with Crippen molar-refractivity contribution in [2.45, 2.75) is 41.0 Å². The van der Waals surface area contributed by atoms with Gasteiger partial charge in [-0.05, 0) is 17.8 Å². The highest BCUT2D eigenvalue weighted by Gasteiger charge is 2.26. The molecule has 0 saturated carbocycles. The van der Waals surface area contributed by atoms with Crippen molar-refractivity contribution in [3.8, 4) is 0 Å². The smallest absolute Gasteiger partial charge is 0.332 e. The molecule has 0 rings (SSSR count). The van der Waals surface area contributed by atoms with Crippen LogP contribution in [0.4, 0.5) is 0 Å². The predicted octanol–water partition coefficient (Wildman–Crippen LogP) is 2.54. The Hall–Kier alpha value is -1.32. The molecule has 0 aliphatic heterocycles. The third kappa shape index (κ3) is 4.47. The van der Waals surface area contributed by atoms with Gasteiger partial charge in [-0.25, -0.2) is 9.59 Å². The van der Waals surface area contributed by atoms with E-state index in [9.17, 15) is 9.59 Å². The van der Waals surface area contributed by atoms with E-state index >= 15 is 0 Å². The lowest BCUT2D eigenvalue weighted by Gasteiger charge is -2.21. The van der Waals surface area contributed by atoms with E-state index in [0.717, 1.165) is 0 Å². The van der Waals surface area contributed by atoms with E-state index in [1.165, 1.54) is 0 Å². The lowest BCUT2D eigenvalue weighted by molar-refractivity contribution is -0.136. The molecule has 0 aliphatic carbocycles. The second kappa shape index (κ2) is 5.14. The lowest BCUT2D eigenvalue weighted by Crippen LogP contribution is -2.19. The highest BCUT2D eigenvalue weighted by Crippen LogP contribution is 2.28. The van der Waals surface area contributed by atoms with Crippen molar-refractivity contribution in [1.29, 1.82) is 0 Å². The normalized spacial score (nSPS) is 13.6. The summed E-state index contributed by atoms with van der Waals surface area (Å²) < 4.78 is 0. The number of hydrogen-bond acceptors (Lipinski definition) is 2. The molecule has 0 saturated heterocycles. The average molecular weight is 228 g/mol. The van der Waals surface area contributed by atoms with E-state index in [1.54, 1.807) is 13.8 Å². The van der Waals surface area contributed by atoms with Gasteiger partial charge in [-0.3, -0.25) is 0 Å². The predicted molar refractivity (Wildman–Crippen MR) is 61.2 cm³/mol. The Morgan fingerprint density at radius 3 is 1.69 bits per heavy atom. The molecule has 0 heterocycles. The maximum Gasteiger partial charge on any atom is 0.332 e. The fourth-order valence-electron chi connectivity index (χ4n) is 1.54. The second-order valence-electron chi connectivity index (χ2n) is 5.39. The summed E-state index contributed by atoms with van der Waals surface area (Å²) >= 11 is 0. The molecule has 0 bridgehead atoms. The Kier molecular flexibility index (Phi) is 4.72. The first-order valence-corrected chi connectivity index (χ1v) is 5.26. The summed E-state index contributed by atoms with van der Waals surface area (Å²) in [5.41, 5.74) is -0.235. The zero-order valence-corrected chi connectivity index (χ0v) is 10.5. The Morgan fingerprint density at radius 2 is 1.50 bits per heavy atom. The number of aliphatic carboxylic acids is 2. The fourth-order valence-corrected chi connectivity index (χ4v) is 1.54. The summed E-state index contributed by atoms with van der Waals surface area (Å²) in [4.78, 5) is 22.2. The maximum atomic E-state index is 11.1. The highest BCUT2D eigenvalue weighted by atomic mass is 16.4. The molecule has 0 spiro atoms. The van der Waals surface area contributed by atoms with Gasteiger partial charge in [0.2, 0.25) is 0 Å². The van der Waals surface area contributed by atoms with Crippen molar-refractivity contribution < 1.29 is 19.8 Å². The first kappa shape index (κ1) is 14.7. The molecule has 0 aromatic carbocycles. The minimum absolute atomic E-state index is 0.00225. The Balaban J connectivity index is 5.51. The molecule has 92 valence electrons. The summed E-state index contributed by atoms with van der Waals surface area (Å²) in [7, 11) is 0. The molecular weight excluding hydrogens is 208 g/mol. The van der Waals surface area contributed by atoms with E-state index < -0.39 is 11.9 Å². The number of carbonyl (C=O) groups is 2. The number of carboxylic acid groups (broad SMARTS) is 2. The van der Waals surface area contributed by atoms with Crippen molar-refractivity contribution in [3.63, 3.8) is 0 Å². The molecule has 0 fully saturated rings. The van der Waals surface area contributed by atoms with Crippen molar-refractivity contribution in [1.82, 2.24) is 0 Å². The van der Waals surface area contributed by atoms with E-state index in [1.807, 2.05) is 20.8 Å². The van der Waals surface area contributed by atoms with E-state index in [0.29, 0.717) is 0 Å². The summed E-state index contributed by atoms with van der Waals surface area (Å²) in [6.07, 6.45) is 0.252. The fraction of sp³-hybridized carbons (Fsp3) is 0.667. The maximum absolute atomic E-state index is 11.1. The van der Waals surface area contributed by atoms with Crippen LogP contribution in [0.2, 0.25) is 0 Å². The summed E-state index contributed by atoms with van der Waals surface area (Å²) in [6, 6.07) is 0. The summed E-state index contributed by atoms with van der Waals surface area (Å²) in [6.45, 7) is 9.03. The molecule has 0 unspecified atom stereocenters. The van der Waals surface area contributed by atoms with E-state index in [4.69, 9.17) is 10.2 Å². The SMILES string of the molecule is CC(C)C(C(=O)O)=C(CC(C)(C)C)C(=O)O. The number of carboxylic acids is 2. The Morgan fingerprint density at radius 1 is 1.06 bits per heavy atom. The molecule has 0 radical (unpaired) electrons. The van der Waals surface area contributed by atoms with Gasteiger partial charge in [-0.15, -0.1) is 0 Å². The summed E-state index contributed by atoms with van der Waals surface area (Å²) in [5.74, 6) is -2.58. The van der Waals surface area contributed by atoms with Crippen LogP contribution in [0.5, 0.6) is 0 Å². The molecular formula is C12H20O4. The zero-order chi connectivity index (χ0) is 13.1. The van der Waals surface area contributed by atoms with Crippen LogP contribution in [0, 0.1) is 11.3 Å². The van der Waals surface area contributed by atoms with Crippen LogP contribution in [0.15, 0.2) is 11.1 Å². The Labute approximate surface area is 96.0 Å². The minimum atomic E-state index is -1.14. The molecule has 2 N–H and O–H groups in total. The Bertz CT molecular complexity index is 318. The minimum Gasteiger partial charge on any atom is -0.478 e. The third-order valence-corrected chi connectivity index (χ3v) is 2.10. The highest BCUT2D eigenvalue weighted by molar-refractivity contribution is 5.99. The quantitative estimate of drug-likeness (QED) is 0.725. The lowest BCUT2D eigenvalue weighted by atomic mass is 9.84. The van der Waals surface area contributed by atoms with Crippen molar-refractivity contribution in [3.05, 3.63) is 11.1 Å². The monoisotopic (exact) mass is 228 g/mol. The molecule has 0 aromatic heterocycles. The van der Waals surface area contributed by atoms with Gasteiger partial charge >= 0.3 is 11.9 Å². The van der Waals surface area contributed by atoms with Crippen LogP contribution in [0.1, 0.15) is 41.0 Å². The first-order chi connectivity index (χ1) is 7.06. The molecule has 4 nitrogen and oxygen atoms in total. The van der Waals surface area contributed by atoms with Gasteiger partial charge in [0, 0.05) is 11.1 Å². The van der Waals surface area contributed by atoms with Gasteiger partial charge in [0.05, 0.1) is 0 Å². The van der Waals surface area contributed by atoms with Crippen LogP contribution in [0.25, 0.3) is 0 Å². The van der Waals surface area contributed by atoms with Crippen molar-refractivity contribution >= 4 is 11.9 Å². The van der Waals surface area contributed by atoms with Crippen LogP contribution in [-0.4, -0.2) is 22.2 Å². The van der Waals surface area contributed by atoms with E-state index in [-0.39, 0.29) is 28.9 Å². The van der Waals surface area contributed by atoms with Crippen LogP contribution in [0.3, 0.4) is 0 Å². The van der Waals surface area contributed by atoms with Crippen molar-refractivity contribution in [2.75, 3.05) is 0 Å². The van der Waals surface area contributed by atoms with Gasteiger partial charge in [-0.1, -0.05) is 34.6 Å². The van der Waals surface area contributed by atoms with Gasteiger partial charge < -0.3 is 10.2 Å². The first-order valence-electron chi connectivity index (χ1n) is 5.26. The standard InChI is InChI=1S/C12H20O4/c1-7(2)9(11(15)16)8(10(13)14)6-12(3,4)5/h7H,6H2,1-5H3,(H,13,14)(H,15,16). The van der Waals surface area contributed by atoms with E-state index in [2.05, 4.69) is 0 Å². The van der Waals surface area contributed by atoms with Crippen LogP contribution >= 0.6 is 0 Å².